The van der Waals surface area contributed by atoms with Gasteiger partial charge in [0.15, 0.2) is 0 Å². The number of piperazine rings is 1. The Morgan fingerprint density at radius 2 is 1.75 bits per heavy atom. The molecule has 4 rings (SSSR count). The average Bonchev–Trinajstić information content (AvgIpc) is 3.35. The number of anilines is 2. The maximum atomic E-state index is 12.8. The molecular weight excluding hydrogens is 410 g/mol. The molecule has 2 heterocycles. The molecule has 2 aromatic carbocycles. The van der Waals surface area contributed by atoms with E-state index in [1.165, 1.54) is 0 Å². The summed E-state index contributed by atoms with van der Waals surface area (Å²) in [6, 6.07) is 15.6. The number of nitrogens with zero attached hydrogens (tertiary/aromatic N) is 5. The number of rotatable bonds is 7. The number of methoxy groups -OCH3 is 2. The zero-order valence-corrected chi connectivity index (χ0v) is 18.5. The molecule has 1 aliphatic heterocycles. The summed E-state index contributed by atoms with van der Waals surface area (Å²) in [7, 11) is 5.06. The van der Waals surface area contributed by atoms with E-state index in [2.05, 4.69) is 15.0 Å². The molecule has 0 unspecified atom stereocenters. The van der Waals surface area contributed by atoms with E-state index in [0.717, 1.165) is 35.8 Å². The molecule has 1 aliphatic rings. The van der Waals surface area contributed by atoms with Crippen LogP contribution in [0, 0.1) is 0 Å². The van der Waals surface area contributed by atoms with Crippen LogP contribution in [0.2, 0.25) is 0 Å². The van der Waals surface area contributed by atoms with Gasteiger partial charge in [-0.3, -0.25) is 4.79 Å². The summed E-state index contributed by atoms with van der Waals surface area (Å²) >= 11 is 0. The monoisotopic (exact) mass is 437 g/mol. The fourth-order valence-corrected chi connectivity index (χ4v) is 3.69. The molecule has 0 saturated carbocycles. The number of hydrogen-bond acceptors (Lipinski definition) is 8. The van der Waals surface area contributed by atoms with Gasteiger partial charge in [0, 0.05) is 38.8 Å². The van der Waals surface area contributed by atoms with Crippen LogP contribution in [0.25, 0.3) is 11.4 Å². The van der Waals surface area contributed by atoms with Gasteiger partial charge in [-0.25, -0.2) is 0 Å². The number of ether oxygens (including phenoxy) is 2. The molecule has 0 radical (unpaired) electrons. The van der Waals surface area contributed by atoms with Crippen LogP contribution in [0.15, 0.2) is 53.1 Å². The number of benzene rings is 2. The SMILES string of the molecule is COc1ccc(-c2noc(N(C)CC(=O)N3CCN(c4ccccc4OC)CC3)n2)cc1. The van der Waals surface area contributed by atoms with Crippen molar-refractivity contribution in [2.45, 2.75) is 0 Å². The van der Waals surface area contributed by atoms with Gasteiger partial charge in [-0.2, -0.15) is 4.98 Å². The Morgan fingerprint density at radius 3 is 2.44 bits per heavy atom. The first-order valence-electron chi connectivity index (χ1n) is 10.4. The van der Waals surface area contributed by atoms with Gasteiger partial charge in [0.1, 0.15) is 18.0 Å². The fourth-order valence-electron chi connectivity index (χ4n) is 3.69. The number of aromatic nitrogens is 2. The summed E-state index contributed by atoms with van der Waals surface area (Å²) in [6.07, 6.45) is 0. The Bertz CT molecular complexity index is 1040. The largest absolute Gasteiger partial charge is 0.497 e. The van der Waals surface area contributed by atoms with E-state index in [9.17, 15) is 4.79 Å². The van der Waals surface area contributed by atoms with Gasteiger partial charge in [-0.1, -0.05) is 17.3 Å². The van der Waals surface area contributed by atoms with E-state index >= 15 is 0 Å². The molecule has 0 atom stereocenters. The van der Waals surface area contributed by atoms with Crippen molar-refractivity contribution in [3.8, 4) is 22.9 Å². The minimum atomic E-state index is 0.0244. The van der Waals surface area contributed by atoms with Gasteiger partial charge >= 0.3 is 6.01 Å². The van der Waals surface area contributed by atoms with Crippen molar-refractivity contribution in [2.75, 3.05) is 63.8 Å². The molecule has 9 heteroatoms. The molecule has 1 aromatic heterocycles. The van der Waals surface area contributed by atoms with E-state index < -0.39 is 0 Å². The molecule has 32 heavy (non-hydrogen) atoms. The average molecular weight is 438 g/mol. The number of amides is 1. The lowest BCUT2D eigenvalue weighted by Crippen LogP contribution is -2.51. The Morgan fingerprint density at radius 1 is 1.03 bits per heavy atom. The minimum Gasteiger partial charge on any atom is -0.497 e. The smallest absolute Gasteiger partial charge is 0.324 e. The predicted octanol–water partition coefficient (Wildman–Crippen LogP) is 2.54. The molecule has 3 aromatic rings. The molecule has 1 amide bonds. The highest BCUT2D eigenvalue weighted by molar-refractivity contribution is 5.81. The summed E-state index contributed by atoms with van der Waals surface area (Å²) < 4.78 is 16.0. The van der Waals surface area contributed by atoms with E-state index in [1.807, 2.05) is 53.4 Å². The summed E-state index contributed by atoms with van der Waals surface area (Å²) in [6.45, 7) is 2.95. The normalized spacial score (nSPS) is 13.7. The van der Waals surface area contributed by atoms with Crippen molar-refractivity contribution in [3.63, 3.8) is 0 Å². The third kappa shape index (κ3) is 4.61. The van der Waals surface area contributed by atoms with Crippen molar-refractivity contribution in [1.29, 1.82) is 0 Å². The highest BCUT2D eigenvalue weighted by atomic mass is 16.5. The molecule has 1 fully saturated rings. The second kappa shape index (κ2) is 9.59. The third-order valence-electron chi connectivity index (χ3n) is 5.52. The molecule has 0 N–H and O–H groups in total. The van der Waals surface area contributed by atoms with E-state index in [0.29, 0.717) is 24.9 Å². The number of likely N-dealkylation sites (N-methyl/N-ethyl adjacent to an activating group) is 1. The zero-order chi connectivity index (χ0) is 22.5. The lowest BCUT2D eigenvalue weighted by atomic mass is 10.2. The minimum absolute atomic E-state index is 0.0244. The molecule has 0 bridgehead atoms. The van der Waals surface area contributed by atoms with Crippen molar-refractivity contribution in [3.05, 3.63) is 48.5 Å². The third-order valence-corrected chi connectivity index (χ3v) is 5.52. The summed E-state index contributed by atoms with van der Waals surface area (Å²) in [4.78, 5) is 23.0. The van der Waals surface area contributed by atoms with Crippen LogP contribution in [-0.4, -0.2) is 74.9 Å². The number of para-hydroxylation sites is 2. The Balaban J connectivity index is 1.33. The van der Waals surface area contributed by atoms with Crippen LogP contribution in [0.5, 0.6) is 11.5 Å². The van der Waals surface area contributed by atoms with Gasteiger partial charge < -0.3 is 28.7 Å². The predicted molar refractivity (Wildman–Crippen MR) is 121 cm³/mol. The van der Waals surface area contributed by atoms with Gasteiger partial charge in [-0.05, 0) is 36.4 Å². The van der Waals surface area contributed by atoms with Crippen LogP contribution in [-0.2, 0) is 4.79 Å². The lowest BCUT2D eigenvalue weighted by molar-refractivity contribution is -0.130. The number of hydrogen-bond donors (Lipinski definition) is 0. The van der Waals surface area contributed by atoms with Gasteiger partial charge in [0.25, 0.3) is 0 Å². The highest BCUT2D eigenvalue weighted by Gasteiger charge is 2.24. The second-order valence-corrected chi connectivity index (χ2v) is 7.52. The molecule has 168 valence electrons. The van der Waals surface area contributed by atoms with Crippen molar-refractivity contribution >= 4 is 17.6 Å². The van der Waals surface area contributed by atoms with Crippen LogP contribution < -0.4 is 19.3 Å². The fraction of sp³-hybridized carbons (Fsp3) is 0.348. The van der Waals surface area contributed by atoms with Gasteiger partial charge in [0.05, 0.1) is 19.9 Å². The quantitative estimate of drug-likeness (QED) is 0.558. The number of carbonyl (C=O) groups is 1. The van der Waals surface area contributed by atoms with Crippen LogP contribution in [0.3, 0.4) is 0 Å². The molecule has 1 saturated heterocycles. The molecule has 0 spiro atoms. The first-order chi connectivity index (χ1) is 15.6. The van der Waals surface area contributed by atoms with Crippen LogP contribution >= 0.6 is 0 Å². The topological polar surface area (TPSA) is 84.2 Å². The Hall–Kier alpha value is -3.75. The molecule has 0 aliphatic carbocycles. The summed E-state index contributed by atoms with van der Waals surface area (Å²) in [5, 5.41) is 4.03. The number of carbonyl (C=O) groups excluding carboxylic acids is 1. The molecular formula is C23H27N5O4. The Labute approximate surface area is 187 Å². The van der Waals surface area contributed by atoms with Gasteiger partial charge in [0.2, 0.25) is 11.7 Å². The van der Waals surface area contributed by atoms with Crippen molar-refractivity contribution in [1.82, 2.24) is 15.0 Å². The zero-order valence-electron chi connectivity index (χ0n) is 18.5. The van der Waals surface area contributed by atoms with Crippen molar-refractivity contribution < 1.29 is 18.8 Å². The lowest BCUT2D eigenvalue weighted by Gasteiger charge is -2.37. The van der Waals surface area contributed by atoms with Gasteiger partial charge in [-0.15, -0.1) is 0 Å². The highest BCUT2D eigenvalue weighted by Crippen LogP contribution is 2.28. The Kier molecular flexibility index (Phi) is 6.44. The summed E-state index contributed by atoms with van der Waals surface area (Å²) in [5.41, 5.74) is 1.86. The van der Waals surface area contributed by atoms with Crippen LogP contribution in [0.4, 0.5) is 11.7 Å². The van der Waals surface area contributed by atoms with E-state index in [-0.39, 0.29) is 12.5 Å². The van der Waals surface area contributed by atoms with E-state index in [4.69, 9.17) is 14.0 Å². The van der Waals surface area contributed by atoms with Crippen molar-refractivity contribution in [2.24, 2.45) is 0 Å². The first-order valence-corrected chi connectivity index (χ1v) is 10.4. The maximum absolute atomic E-state index is 12.8. The molecule has 9 nitrogen and oxygen atoms in total. The summed E-state index contributed by atoms with van der Waals surface area (Å²) in [5.74, 6) is 2.09. The van der Waals surface area contributed by atoms with Crippen LogP contribution in [0.1, 0.15) is 0 Å². The second-order valence-electron chi connectivity index (χ2n) is 7.52. The standard InChI is InChI=1S/C23H27N5O4/c1-26(23-24-22(25-32-23)17-8-10-18(30-2)11-9-17)16-21(29)28-14-12-27(13-15-28)19-6-4-5-7-20(19)31-3/h4-11H,12-16H2,1-3H3. The van der Waals surface area contributed by atoms with E-state index in [1.54, 1.807) is 26.2 Å². The maximum Gasteiger partial charge on any atom is 0.324 e. The first kappa shape index (κ1) is 21.5.